The monoisotopic (exact) mass is 385 g/mol. The summed E-state index contributed by atoms with van der Waals surface area (Å²) in [4.78, 5) is 37.0. The molecule has 0 aliphatic rings. The lowest BCUT2D eigenvalue weighted by Crippen LogP contribution is -2.21. The molecule has 5 nitrogen and oxygen atoms in total. The van der Waals surface area contributed by atoms with Crippen LogP contribution >= 0.6 is 11.8 Å². The molecule has 6 heteroatoms. The number of ether oxygens (including phenoxy) is 1. The van der Waals surface area contributed by atoms with Crippen molar-refractivity contribution in [2.75, 3.05) is 18.2 Å². The average Bonchev–Trinajstić information content (AvgIpc) is 2.66. The number of thioether (sulfide) groups is 1. The summed E-state index contributed by atoms with van der Waals surface area (Å²) in [5.41, 5.74) is 3.17. The van der Waals surface area contributed by atoms with Gasteiger partial charge in [-0.25, -0.2) is 0 Å². The van der Waals surface area contributed by atoms with Gasteiger partial charge >= 0.3 is 5.97 Å². The van der Waals surface area contributed by atoms with Gasteiger partial charge in [-0.1, -0.05) is 29.8 Å². The molecule has 0 saturated carbocycles. The van der Waals surface area contributed by atoms with E-state index >= 15 is 0 Å². The van der Waals surface area contributed by atoms with Crippen molar-refractivity contribution in [1.82, 2.24) is 0 Å². The molecule has 0 heterocycles. The molecule has 0 aliphatic carbocycles. The number of amides is 1. The van der Waals surface area contributed by atoms with Crippen molar-refractivity contribution in [3.63, 3.8) is 0 Å². The van der Waals surface area contributed by atoms with E-state index in [9.17, 15) is 14.4 Å². The molecule has 2 aromatic rings. The SMILES string of the molecule is CSc1ccccc1NC(=O)COC(=O)CCC(=O)c1cc(C)ccc1C. The predicted octanol–water partition coefficient (Wildman–Crippen LogP) is 4.17. The summed E-state index contributed by atoms with van der Waals surface area (Å²) in [5, 5.41) is 2.72. The number of benzene rings is 2. The Balaban J connectivity index is 1.79. The lowest BCUT2D eigenvalue weighted by Gasteiger charge is -2.10. The van der Waals surface area contributed by atoms with Crippen molar-refractivity contribution in [3.8, 4) is 0 Å². The molecular weight excluding hydrogens is 362 g/mol. The molecule has 0 saturated heterocycles. The summed E-state index contributed by atoms with van der Waals surface area (Å²) in [6, 6.07) is 13.0. The Hall–Kier alpha value is -2.60. The van der Waals surface area contributed by atoms with E-state index in [2.05, 4.69) is 5.32 Å². The van der Waals surface area contributed by atoms with E-state index in [-0.39, 0.29) is 25.2 Å². The number of rotatable bonds is 8. The summed E-state index contributed by atoms with van der Waals surface area (Å²) in [7, 11) is 0. The smallest absolute Gasteiger partial charge is 0.306 e. The number of ketones is 1. The molecule has 142 valence electrons. The number of carbonyl (C=O) groups excluding carboxylic acids is 3. The van der Waals surface area contributed by atoms with Crippen LogP contribution in [0.1, 0.15) is 34.3 Å². The van der Waals surface area contributed by atoms with E-state index in [4.69, 9.17) is 4.74 Å². The molecule has 0 aliphatic heterocycles. The van der Waals surface area contributed by atoms with Crippen LogP contribution in [0.25, 0.3) is 0 Å². The molecule has 1 N–H and O–H groups in total. The number of nitrogens with one attached hydrogen (secondary N) is 1. The quantitative estimate of drug-likeness (QED) is 0.419. The minimum Gasteiger partial charge on any atom is -0.456 e. The molecular formula is C21H23NO4S. The Morgan fingerprint density at radius 2 is 1.78 bits per heavy atom. The van der Waals surface area contributed by atoms with Gasteiger partial charge in [-0.2, -0.15) is 0 Å². The van der Waals surface area contributed by atoms with Gasteiger partial charge in [0.25, 0.3) is 5.91 Å². The first-order valence-electron chi connectivity index (χ1n) is 8.59. The maximum Gasteiger partial charge on any atom is 0.306 e. The minimum absolute atomic E-state index is 0.0547. The fourth-order valence-electron chi connectivity index (χ4n) is 2.54. The normalized spacial score (nSPS) is 10.3. The minimum atomic E-state index is -0.568. The second kappa shape index (κ2) is 9.92. The van der Waals surface area contributed by atoms with Crippen LogP contribution in [0.3, 0.4) is 0 Å². The van der Waals surface area contributed by atoms with Gasteiger partial charge in [0.1, 0.15) is 0 Å². The van der Waals surface area contributed by atoms with Gasteiger partial charge in [0.05, 0.1) is 12.1 Å². The van der Waals surface area contributed by atoms with Crippen molar-refractivity contribution < 1.29 is 19.1 Å². The highest BCUT2D eigenvalue weighted by atomic mass is 32.2. The van der Waals surface area contributed by atoms with Crippen LogP contribution in [0.5, 0.6) is 0 Å². The Bertz CT molecular complexity index is 848. The van der Waals surface area contributed by atoms with E-state index in [0.717, 1.165) is 16.0 Å². The van der Waals surface area contributed by atoms with Crippen LogP contribution in [0.15, 0.2) is 47.4 Å². The molecule has 0 atom stereocenters. The van der Waals surface area contributed by atoms with Gasteiger partial charge in [-0.05, 0) is 43.9 Å². The lowest BCUT2D eigenvalue weighted by molar-refractivity contribution is -0.147. The number of aryl methyl sites for hydroxylation is 2. The highest BCUT2D eigenvalue weighted by Gasteiger charge is 2.14. The van der Waals surface area contributed by atoms with Crippen LogP contribution in [0.4, 0.5) is 5.69 Å². The van der Waals surface area contributed by atoms with Crippen molar-refractivity contribution in [2.24, 2.45) is 0 Å². The third kappa shape index (κ3) is 6.25. The molecule has 0 fully saturated rings. The van der Waals surface area contributed by atoms with Gasteiger partial charge in [-0.15, -0.1) is 11.8 Å². The Morgan fingerprint density at radius 1 is 1.04 bits per heavy atom. The van der Waals surface area contributed by atoms with Gasteiger partial charge < -0.3 is 10.1 Å². The van der Waals surface area contributed by atoms with Crippen LogP contribution < -0.4 is 5.32 Å². The Morgan fingerprint density at radius 3 is 2.52 bits per heavy atom. The number of Topliss-reactive ketones (excluding diaryl/α,β-unsaturated/α-hetero) is 1. The Labute approximate surface area is 163 Å². The highest BCUT2D eigenvalue weighted by Crippen LogP contribution is 2.24. The maximum absolute atomic E-state index is 12.3. The number of esters is 1. The summed E-state index contributed by atoms with van der Waals surface area (Å²) in [6.07, 6.45) is 1.92. The third-order valence-electron chi connectivity index (χ3n) is 3.99. The number of carbonyl (C=O) groups is 3. The van der Waals surface area contributed by atoms with E-state index in [1.54, 1.807) is 6.07 Å². The first kappa shape index (κ1) is 20.7. The van der Waals surface area contributed by atoms with Crippen LogP contribution in [0.2, 0.25) is 0 Å². The van der Waals surface area contributed by atoms with Crippen LogP contribution in [-0.4, -0.2) is 30.5 Å². The fraction of sp³-hybridized carbons (Fsp3) is 0.286. The average molecular weight is 385 g/mol. The summed E-state index contributed by atoms with van der Waals surface area (Å²) < 4.78 is 4.98. The maximum atomic E-state index is 12.3. The predicted molar refractivity (Wildman–Crippen MR) is 107 cm³/mol. The largest absolute Gasteiger partial charge is 0.456 e. The zero-order valence-corrected chi connectivity index (χ0v) is 16.5. The van der Waals surface area contributed by atoms with Gasteiger partial charge in [0.15, 0.2) is 12.4 Å². The second-order valence-corrected chi connectivity index (χ2v) is 7.00. The van der Waals surface area contributed by atoms with Crippen molar-refractivity contribution in [3.05, 3.63) is 59.2 Å². The molecule has 1 amide bonds. The molecule has 2 rings (SSSR count). The lowest BCUT2D eigenvalue weighted by atomic mass is 9.99. The number of para-hydroxylation sites is 1. The van der Waals surface area contributed by atoms with Gasteiger partial charge in [0, 0.05) is 16.9 Å². The van der Waals surface area contributed by atoms with E-state index in [0.29, 0.717) is 11.3 Å². The molecule has 0 aromatic heterocycles. The van der Waals surface area contributed by atoms with Crippen LogP contribution in [0, 0.1) is 13.8 Å². The number of anilines is 1. The van der Waals surface area contributed by atoms with Gasteiger partial charge in [-0.3, -0.25) is 14.4 Å². The topological polar surface area (TPSA) is 72.5 Å². The highest BCUT2D eigenvalue weighted by molar-refractivity contribution is 7.98. The van der Waals surface area contributed by atoms with Crippen molar-refractivity contribution >= 4 is 35.1 Å². The first-order valence-corrected chi connectivity index (χ1v) is 9.82. The number of hydrogen-bond acceptors (Lipinski definition) is 5. The van der Waals surface area contributed by atoms with Gasteiger partial charge in [0.2, 0.25) is 0 Å². The summed E-state index contributed by atoms with van der Waals surface area (Å²) in [6.45, 7) is 3.40. The molecule has 0 spiro atoms. The molecule has 0 radical (unpaired) electrons. The molecule has 0 bridgehead atoms. The second-order valence-electron chi connectivity index (χ2n) is 6.15. The molecule has 2 aromatic carbocycles. The zero-order valence-electron chi connectivity index (χ0n) is 15.7. The summed E-state index contributed by atoms with van der Waals surface area (Å²) in [5.74, 6) is -1.08. The van der Waals surface area contributed by atoms with Crippen molar-refractivity contribution in [2.45, 2.75) is 31.6 Å². The fourth-order valence-corrected chi connectivity index (χ4v) is 3.09. The van der Waals surface area contributed by atoms with E-state index in [1.807, 2.05) is 56.5 Å². The standard InChI is InChI=1S/C21H23NO4S/c1-14-8-9-15(2)16(12-14)18(23)10-11-21(25)26-13-20(24)22-17-6-4-5-7-19(17)27-3/h4-9,12H,10-11,13H2,1-3H3,(H,22,24). The van der Waals surface area contributed by atoms with Crippen LogP contribution in [-0.2, 0) is 14.3 Å². The zero-order chi connectivity index (χ0) is 19.8. The summed E-state index contributed by atoms with van der Waals surface area (Å²) >= 11 is 1.51. The molecule has 27 heavy (non-hydrogen) atoms. The van der Waals surface area contributed by atoms with E-state index in [1.165, 1.54) is 11.8 Å². The van der Waals surface area contributed by atoms with E-state index < -0.39 is 11.9 Å². The third-order valence-corrected chi connectivity index (χ3v) is 4.79. The molecule has 0 unspecified atom stereocenters. The Kier molecular flexibility index (Phi) is 7.61. The first-order chi connectivity index (χ1) is 12.9. The number of hydrogen-bond donors (Lipinski definition) is 1. The van der Waals surface area contributed by atoms with Crippen molar-refractivity contribution in [1.29, 1.82) is 0 Å².